The first kappa shape index (κ1) is 14.3. The number of ether oxygens (including phenoxy) is 1. The molecule has 0 radical (unpaired) electrons. The van der Waals surface area contributed by atoms with Crippen LogP contribution >= 0.6 is 0 Å². The van der Waals surface area contributed by atoms with E-state index in [1.165, 1.54) is 45.4 Å². The molecule has 2 N–H and O–H groups in total. The number of piperazine rings is 1. The molecule has 0 spiro atoms. The molecule has 0 aromatic carbocycles. The third kappa shape index (κ3) is 4.19. The largest absolute Gasteiger partial charge is 0.380 e. The van der Waals surface area contributed by atoms with Gasteiger partial charge in [0.1, 0.15) is 0 Å². The van der Waals surface area contributed by atoms with Gasteiger partial charge in [-0.05, 0) is 38.3 Å². The van der Waals surface area contributed by atoms with Crippen LogP contribution in [0.5, 0.6) is 0 Å². The monoisotopic (exact) mass is 255 g/mol. The van der Waals surface area contributed by atoms with Gasteiger partial charge < -0.3 is 15.4 Å². The van der Waals surface area contributed by atoms with E-state index in [-0.39, 0.29) is 0 Å². The maximum absolute atomic E-state index is 5.87. The zero-order chi connectivity index (χ0) is 12.8. The Hall–Kier alpha value is -0.160. The topological polar surface area (TPSA) is 41.7 Å². The molecule has 1 heterocycles. The lowest BCUT2D eigenvalue weighted by molar-refractivity contribution is 0.0562. The Kier molecular flexibility index (Phi) is 5.89. The van der Waals surface area contributed by atoms with Crippen molar-refractivity contribution in [1.29, 1.82) is 0 Å². The zero-order valence-corrected chi connectivity index (χ0v) is 11.8. The zero-order valence-electron chi connectivity index (χ0n) is 11.8. The Morgan fingerprint density at radius 3 is 2.56 bits per heavy atom. The van der Waals surface area contributed by atoms with Crippen LogP contribution in [-0.4, -0.2) is 69.3 Å². The van der Waals surface area contributed by atoms with Gasteiger partial charge in [0.15, 0.2) is 0 Å². The van der Waals surface area contributed by atoms with E-state index in [4.69, 9.17) is 10.5 Å². The van der Waals surface area contributed by atoms with Gasteiger partial charge in [0, 0.05) is 39.3 Å². The van der Waals surface area contributed by atoms with Crippen molar-refractivity contribution >= 4 is 0 Å². The first-order chi connectivity index (χ1) is 8.79. The molecule has 1 aliphatic heterocycles. The van der Waals surface area contributed by atoms with Crippen LogP contribution < -0.4 is 5.73 Å². The summed E-state index contributed by atoms with van der Waals surface area (Å²) in [6, 6.07) is 0. The highest BCUT2D eigenvalue weighted by Crippen LogP contribution is 2.30. The third-order valence-electron chi connectivity index (χ3n) is 4.60. The first-order valence-corrected chi connectivity index (χ1v) is 7.48. The average molecular weight is 255 g/mol. The summed E-state index contributed by atoms with van der Waals surface area (Å²) in [5.41, 5.74) is 5.79. The van der Waals surface area contributed by atoms with Crippen molar-refractivity contribution in [2.24, 2.45) is 17.6 Å². The maximum atomic E-state index is 5.87. The molecule has 0 bridgehead atoms. The van der Waals surface area contributed by atoms with Gasteiger partial charge >= 0.3 is 0 Å². The highest BCUT2D eigenvalue weighted by atomic mass is 16.5. The standard InChI is InChI=1S/C14H29N3O/c1-16-5-7-17(8-6-16)9-10-18-12-14-4-2-3-13(14)11-15/h13-14H,2-12,15H2,1H3. The Labute approximate surface area is 111 Å². The van der Waals surface area contributed by atoms with Crippen LogP contribution in [0.2, 0.25) is 0 Å². The summed E-state index contributed by atoms with van der Waals surface area (Å²) in [6.07, 6.45) is 3.97. The quantitative estimate of drug-likeness (QED) is 0.707. The van der Waals surface area contributed by atoms with Crippen LogP contribution in [0.25, 0.3) is 0 Å². The molecule has 1 saturated carbocycles. The number of hydrogen-bond acceptors (Lipinski definition) is 4. The van der Waals surface area contributed by atoms with E-state index in [1.54, 1.807) is 0 Å². The minimum absolute atomic E-state index is 0.716. The lowest BCUT2D eigenvalue weighted by atomic mass is 9.97. The van der Waals surface area contributed by atoms with Crippen LogP contribution in [0.1, 0.15) is 19.3 Å². The lowest BCUT2D eigenvalue weighted by Crippen LogP contribution is -2.45. The van der Waals surface area contributed by atoms with Crippen LogP contribution in [0, 0.1) is 11.8 Å². The highest BCUT2D eigenvalue weighted by Gasteiger charge is 2.26. The third-order valence-corrected chi connectivity index (χ3v) is 4.60. The summed E-state index contributed by atoms with van der Waals surface area (Å²) in [4.78, 5) is 4.90. The Morgan fingerprint density at radius 2 is 1.83 bits per heavy atom. The van der Waals surface area contributed by atoms with Gasteiger partial charge in [0.2, 0.25) is 0 Å². The maximum Gasteiger partial charge on any atom is 0.0593 e. The van der Waals surface area contributed by atoms with Gasteiger partial charge in [-0.25, -0.2) is 0 Å². The number of nitrogens with zero attached hydrogens (tertiary/aromatic N) is 2. The van der Waals surface area contributed by atoms with Crippen molar-refractivity contribution in [2.45, 2.75) is 19.3 Å². The molecule has 1 aliphatic carbocycles. The molecule has 2 unspecified atom stereocenters. The average Bonchev–Trinajstić information content (AvgIpc) is 2.84. The molecular weight excluding hydrogens is 226 g/mol. The second kappa shape index (κ2) is 7.43. The summed E-state index contributed by atoms with van der Waals surface area (Å²) in [7, 11) is 2.20. The van der Waals surface area contributed by atoms with Crippen molar-refractivity contribution < 1.29 is 4.74 Å². The summed E-state index contributed by atoms with van der Waals surface area (Å²) in [5.74, 6) is 1.44. The van der Waals surface area contributed by atoms with Crippen LogP contribution in [-0.2, 0) is 4.74 Å². The SMILES string of the molecule is CN1CCN(CCOCC2CCCC2CN)CC1. The first-order valence-electron chi connectivity index (χ1n) is 7.48. The van der Waals surface area contributed by atoms with Crippen molar-refractivity contribution in [3.8, 4) is 0 Å². The Morgan fingerprint density at radius 1 is 1.11 bits per heavy atom. The molecule has 18 heavy (non-hydrogen) atoms. The summed E-state index contributed by atoms with van der Waals surface area (Å²) >= 11 is 0. The Balaban J connectivity index is 1.53. The fourth-order valence-corrected chi connectivity index (χ4v) is 3.14. The summed E-state index contributed by atoms with van der Waals surface area (Å²) in [6.45, 7) is 8.51. The van der Waals surface area contributed by atoms with E-state index in [0.717, 1.165) is 32.2 Å². The molecule has 1 saturated heterocycles. The van der Waals surface area contributed by atoms with E-state index in [0.29, 0.717) is 5.92 Å². The molecule has 106 valence electrons. The molecular formula is C14H29N3O. The fraction of sp³-hybridized carbons (Fsp3) is 1.00. The van der Waals surface area contributed by atoms with Gasteiger partial charge in [0.25, 0.3) is 0 Å². The van der Waals surface area contributed by atoms with Crippen molar-refractivity contribution in [3.05, 3.63) is 0 Å². The van der Waals surface area contributed by atoms with Crippen LogP contribution in [0.3, 0.4) is 0 Å². The van der Waals surface area contributed by atoms with Crippen LogP contribution in [0.15, 0.2) is 0 Å². The molecule has 2 atom stereocenters. The van der Waals surface area contributed by atoms with E-state index < -0.39 is 0 Å². The fourth-order valence-electron chi connectivity index (χ4n) is 3.14. The normalized spacial score (nSPS) is 31.0. The van der Waals surface area contributed by atoms with Crippen molar-refractivity contribution in [3.63, 3.8) is 0 Å². The molecule has 4 nitrogen and oxygen atoms in total. The molecule has 4 heteroatoms. The molecule has 0 amide bonds. The summed E-state index contributed by atoms with van der Waals surface area (Å²) < 4.78 is 5.87. The molecule has 2 fully saturated rings. The smallest absolute Gasteiger partial charge is 0.0593 e. The van der Waals surface area contributed by atoms with Crippen LogP contribution in [0.4, 0.5) is 0 Å². The van der Waals surface area contributed by atoms with Gasteiger partial charge in [-0.15, -0.1) is 0 Å². The van der Waals surface area contributed by atoms with E-state index in [2.05, 4.69) is 16.8 Å². The highest BCUT2D eigenvalue weighted by molar-refractivity contribution is 4.77. The number of likely N-dealkylation sites (N-methyl/N-ethyl adjacent to an activating group) is 1. The molecule has 0 aromatic rings. The predicted octanol–water partition coefficient (Wildman–Crippen LogP) is 0.625. The predicted molar refractivity (Wildman–Crippen MR) is 74.6 cm³/mol. The summed E-state index contributed by atoms with van der Waals surface area (Å²) in [5, 5.41) is 0. The number of rotatable bonds is 6. The molecule has 2 rings (SSSR count). The second-order valence-corrected chi connectivity index (χ2v) is 5.91. The van der Waals surface area contributed by atoms with Gasteiger partial charge in [-0.2, -0.15) is 0 Å². The molecule has 0 aromatic heterocycles. The number of hydrogen-bond donors (Lipinski definition) is 1. The van der Waals surface area contributed by atoms with Crippen molar-refractivity contribution in [2.75, 3.05) is 59.5 Å². The Bertz CT molecular complexity index is 229. The van der Waals surface area contributed by atoms with Crippen molar-refractivity contribution in [1.82, 2.24) is 9.80 Å². The van der Waals surface area contributed by atoms with E-state index in [9.17, 15) is 0 Å². The molecule has 2 aliphatic rings. The minimum Gasteiger partial charge on any atom is -0.380 e. The van der Waals surface area contributed by atoms with Gasteiger partial charge in [-0.1, -0.05) is 6.42 Å². The minimum atomic E-state index is 0.716. The van der Waals surface area contributed by atoms with E-state index >= 15 is 0 Å². The van der Waals surface area contributed by atoms with Gasteiger partial charge in [0.05, 0.1) is 6.61 Å². The van der Waals surface area contributed by atoms with Gasteiger partial charge in [-0.3, -0.25) is 4.90 Å². The lowest BCUT2D eigenvalue weighted by Gasteiger charge is -2.32. The number of nitrogens with two attached hydrogens (primary N) is 1. The second-order valence-electron chi connectivity index (χ2n) is 5.91. The van der Waals surface area contributed by atoms with E-state index in [1.807, 2.05) is 0 Å².